The van der Waals surface area contributed by atoms with E-state index in [1.54, 1.807) is 11.3 Å². The Bertz CT molecular complexity index is 652. The van der Waals surface area contributed by atoms with E-state index in [1.165, 1.54) is 0 Å². The smallest absolute Gasteiger partial charge is 0.122 e. The summed E-state index contributed by atoms with van der Waals surface area (Å²) in [5, 5.41) is 16.6. The number of aromatic nitrogens is 1. The Morgan fingerprint density at radius 2 is 2.04 bits per heavy atom. The summed E-state index contributed by atoms with van der Waals surface area (Å²) in [6, 6.07) is 6.08. The third-order valence-corrected chi connectivity index (χ3v) is 4.99. The van der Waals surface area contributed by atoms with E-state index in [0.717, 1.165) is 27.6 Å². The van der Waals surface area contributed by atoms with Crippen molar-refractivity contribution in [2.75, 3.05) is 13.2 Å². The van der Waals surface area contributed by atoms with Crippen LogP contribution in [0.25, 0.3) is 0 Å². The van der Waals surface area contributed by atoms with Gasteiger partial charge in [-0.1, -0.05) is 12.1 Å². The molecular weight excluding hydrogens is 308 g/mol. The molecule has 126 valence electrons. The second-order valence-electron chi connectivity index (χ2n) is 6.53. The number of hydrogen-bond acceptors (Lipinski definition) is 5. The van der Waals surface area contributed by atoms with Gasteiger partial charge < -0.3 is 15.2 Å². The number of aliphatic hydroxyl groups is 1. The van der Waals surface area contributed by atoms with Crippen LogP contribution in [0.4, 0.5) is 0 Å². The van der Waals surface area contributed by atoms with Gasteiger partial charge in [-0.3, -0.25) is 0 Å². The number of hydrogen-bond donors (Lipinski definition) is 2. The third-order valence-electron chi connectivity index (χ3n) is 3.71. The lowest BCUT2D eigenvalue weighted by atomic mass is 10.1. The Morgan fingerprint density at radius 1 is 1.30 bits per heavy atom. The molecule has 0 amide bonds. The molecule has 1 aromatic heterocycles. The number of aryl methyl sites for hydroxylation is 3. The van der Waals surface area contributed by atoms with Crippen molar-refractivity contribution in [3.05, 3.63) is 45.4 Å². The number of nitrogens with one attached hydrogen (secondary N) is 1. The van der Waals surface area contributed by atoms with Gasteiger partial charge in [-0.05, 0) is 51.8 Å². The van der Waals surface area contributed by atoms with Gasteiger partial charge in [0.1, 0.15) is 23.5 Å². The Morgan fingerprint density at radius 3 is 2.70 bits per heavy atom. The monoisotopic (exact) mass is 334 g/mol. The minimum atomic E-state index is -0.574. The van der Waals surface area contributed by atoms with Crippen molar-refractivity contribution in [2.45, 2.75) is 46.3 Å². The topological polar surface area (TPSA) is 54.4 Å². The summed E-state index contributed by atoms with van der Waals surface area (Å²) in [7, 11) is 0. The van der Waals surface area contributed by atoms with E-state index in [-0.39, 0.29) is 12.1 Å². The van der Waals surface area contributed by atoms with Crippen LogP contribution in [0.15, 0.2) is 23.6 Å². The molecule has 0 aliphatic carbocycles. The molecule has 4 nitrogen and oxygen atoms in total. The molecule has 2 rings (SSSR count). The van der Waals surface area contributed by atoms with Crippen LogP contribution in [0, 0.1) is 20.8 Å². The van der Waals surface area contributed by atoms with Crippen molar-refractivity contribution in [1.82, 2.24) is 10.3 Å². The van der Waals surface area contributed by atoms with E-state index >= 15 is 0 Å². The number of aliphatic hydroxyl groups excluding tert-OH is 1. The fraction of sp³-hybridized carbons (Fsp3) is 0.500. The average molecular weight is 334 g/mol. The second-order valence-corrected chi connectivity index (χ2v) is 7.39. The normalized spacial score (nSPS) is 13.1. The molecule has 2 N–H and O–H groups in total. The largest absolute Gasteiger partial charge is 0.491 e. The lowest BCUT2D eigenvalue weighted by molar-refractivity contribution is 0.0984. The zero-order valence-electron chi connectivity index (χ0n) is 14.5. The zero-order valence-corrected chi connectivity index (χ0v) is 15.3. The summed E-state index contributed by atoms with van der Waals surface area (Å²) in [4.78, 5) is 4.52. The van der Waals surface area contributed by atoms with Crippen LogP contribution in [0.5, 0.6) is 5.75 Å². The molecule has 0 fully saturated rings. The number of ether oxygens (including phenoxy) is 1. The van der Waals surface area contributed by atoms with Crippen LogP contribution in [0.1, 0.15) is 35.7 Å². The predicted molar refractivity (Wildman–Crippen MR) is 95.3 cm³/mol. The van der Waals surface area contributed by atoms with Crippen molar-refractivity contribution < 1.29 is 9.84 Å². The molecule has 0 saturated carbocycles. The van der Waals surface area contributed by atoms with Crippen LogP contribution in [-0.2, 0) is 5.54 Å². The Hall–Kier alpha value is -1.43. The molecule has 2 aromatic rings. The predicted octanol–water partition coefficient (Wildman–Crippen LogP) is 3.33. The number of nitrogens with zero attached hydrogens (tertiary/aromatic N) is 1. The second kappa shape index (κ2) is 7.43. The van der Waals surface area contributed by atoms with Gasteiger partial charge in [0.2, 0.25) is 0 Å². The van der Waals surface area contributed by atoms with Gasteiger partial charge >= 0.3 is 0 Å². The van der Waals surface area contributed by atoms with Gasteiger partial charge in [-0.15, -0.1) is 11.3 Å². The standard InChI is InChI=1S/C18H26N2O2S/c1-12-6-7-13(2)16(8-12)22-10-15(21)9-19-18(4,5)17-20-14(3)11-23-17/h6-8,11,15,19,21H,9-10H2,1-5H3. The molecule has 0 aliphatic heterocycles. The lowest BCUT2D eigenvalue weighted by Crippen LogP contribution is -2.42. The summed E-state index contributed by atoms with van der Waals surface area (Å²) in [5.41, 5.74) is 2.99. The third kappa shape index (κ3) is 5.03. The maximum absolute atomic E-state index is 10.2. The van der Waals surface area contributed by atoms with Crippen molar-refractivity contribution in [3.63, 3.8) is 0 Å². The highest BCUT2D eigenvalue weighted by atomic mass is 32.1. The Balaban J connectivity index is 1.85. The summed E-state index contributed by atoms with van der Waals surface area (Å²) in [6.45, 7) is 10.9. The van der Waals surface area contributed by atoms with E-state index in [9.17, 15) is 5.11 Å². The van der Waals surface area contributed by atoms with E-state index in [1.807, 2.05) is 38.3 Å². The first kappa shape index (κ1) is 17.9. The summed E-state index contributed by atoms with van der Waals surface area (Å²) < 4.78 is 5.75. The van der Waals surface area contributed by atoms with Gasteiger partial charge in [0.15, 0.2) is 0 Å². The van der Waals surface area contributed by atoms with Crippen LogP contribution in [0.3, 0.4) is 0 Å². The number of benzene rings is 1. The lowest BCUT2D eigenvalue weighted by Gasteiger charge is -2.25. The van der Waals surface area contributed by atoms with Crippen molar-refractivity contribution in [3.8, 4) is 5.75 Å². The zero-order chi connectivity index (χ0) is 17.0. The number of thiazole rings is 1. The number of rotatable bonds is 7. The highest BCUT2D eigenvalue weighted by molar-refractivity contribution is 7.09. The molecule has 1 atom stereocenters. The quantitative estimate of drug-likeness (QED) is 0.815. The first-order valence-corrected chi connectivity index (χ1v) is 8.71. The molecule has 0 spiro atoms. The molecule has 1 heterocycles. The molecule has 1 aromatic carbocycles. The molecule has 1 unspecified atom stereocenters. The van der Waals surface area contributed by atoms with Gasteiger partial charge in [-0.25, -0.2) is 4.98 Å². The van der Waals surface area contributed by atoms with Gasteiger partial charge in [0.05, 0.1) is 5.54 Å². The van der Waals surface area contributed by atoms with Crippen LogP contribution < -0.4 is 10.1 Å². The fourth-order valence-electron chi connectivity index (χ4n) is 2.20. The minimum Gasteiger partial charge on any atom is -0.491 e. The summed E-state index contributed by atoms with van der Waals surface area (Å²) >= 11 is 1.64. The van der Waals surface area contributed by atoms with Crippen molar-refractivity contribution in [1.29, 1.82) is 0 Å². The Labute approximate surface area is 142 Å². The van der Waals surface area contributed by atoms with Crippen molar-refractivity contribution >= 4 is 11.3 Å². The summed E-state index contributed by atoms with van der Waals surface area (Å²) in [5.74, 6) is 0.832. The van der Waals surface area contributed by atoms with Gasteiger partial charge in [0.25, 0.3) is 0 Å². The molecule has 5 heteroatoms. The maximum Gasteiger partial charge on any atom is 0.122 e. The van der Waals surface area contributed by atoms with E-state index in [0.29, 0.717) is 6.54 Å². The van der Waals surface area contributed by atoms with Gasteiger partial charge in [-0.2, -0.15) is 0 Å². The molecule has 0 bridgehead atoms. The van der Waals surface area contributed by atoms with E-state index < -0.39 is 6.10 Å². The first-order valence-electron chi connectivity index (χ1n) is 7.83. The highest BCUT2D eigenvalue weighted by Crippen LogP contribution is 2.23. The van der Waals surface area contributed by atoms with Gasteiger partial charge in [0, 0.05) is 17.6 Å². The minimum absolute atomic E-state index is 0.265. The summed E-state index contributed by atoms with van der Waals surface area (Å²) in [6.07, 6.45) is -0.574. The SMILES string of the molecule is Cc1ccc(C)c(OCC(O)CNC(C)(C)c2nc(C)cs2)c1. The van der Waals surface area contributed by atoms with E-state index in [4.69, 9.17) is 4.74 Å². The molecule has 0 aliphatic rings. The van der Waals surface area contributed by atoms with Crippen molar-refractivity contribution in [2.24, 2.45) is 0 Å². The Kier molecular flexibility index (Phi) is 5.79. The molecule has 0 radical (unpaired) electrons. The van der Waals surface area contributed by atoms with Crippen LogP contribution in [0.2, 0.25) is 0 Å². The van der Waals surface area contributed by atoms with E-state index in [2.05, 4.69) is 30.2 Å². The highest BCUT2D eigenvalue weighted by Gasteiger charge is 2.24. The molecule has 23 heavy (non-hydrogen) atoms. The first-order chi connectivity index (χ1) is 10.8. The molecular formula is C18H26N2O2S. The van der Waals surface area contributed by atoms with Crippen LogP contribution in [-0.4, -0.2) is 29.3 Å². The van der Waals surface area contributed by atoms with Crippen LogP contribution >= 0.6 is 11.3 Å². The fourth-order valence-corrected chi connectivity index (χ4v) is 3.10. The maximum atomic E-state index is 10.2. The molecule has 0 saturated heterocycles. The average Bonchev–Trinajstić information content (AvgIpc) is 2.93.